The molecule has 0 bridgehead atoms. The molecule has 0 radical (unpaired) electrons. The van der Waals surface area contributed by atoms with Crippen LogP contribution in [0.2, 0.25) is 0 Å². The molecule has 1 amide bonds. The predicted octanol–water partition coefficient (Wildman–Crippen LogP) is 3.96. The summed E-state index contributed by atoms with van der Waals surface area (Å²) in [7, 11) is 3.11. The SMILES string of the molecule is COc1ccc(CN2C(=O)C(=O)c3cc(Br)cc(Br)c32)cc1OC. The minimum absolute atomic E-state index is 0.262. The third kappa shape index (κ3) is 2.82. The highest BCUT2D eigenvalue weighted by Crippen LogP contribution is 2.39. The largest absolute Gasteiger partial charge is 0.493 e. The molecule has 0 aromatic heterocycles. The Morgan fingerprint density at radius 1 is 1.00 bits per heavy atom. The van der Waals surface area contributed by atoms with Crippen LogP contribution in [0.3, 0.4) is 0 Å². The number of halogens is 2. The highest BCUT2D eigenvalue weighted by Gasteiger charge is 2.37. The van der Waals surface area contributed by atoms with E-state index in [-0.39, 0.29) is 6.54 Å². The number of hydrogen-bond donors (Lipinski definition) is 0. The van der Waals surface area contributed by atoms with Crippen LogP contribution in [0.4, 0.5) is 5.69 Å². The van der Waals surface area contributed by atoms with Gasteiger partial charge in [0, 0.05) is 8.95 Å². The summed E-state index contributed by atoms with van der Waals surface area (Å²) in [6.07, 6.45) is 0. The van der Waals surface area contributed by atoms with E-state index >= 15 is 0 Å². The van der Waals surface area contributed by atoms with Crippen LogP contribution in [0.15, 0.2) is 39.3 Å². The number of amides is 1. The smallest absolute Gasteiger partial charge is 0.299 e. The van der Waals surface area contributed by atoms with E-state index in [0.29, 0.717) is 27.2 Å². The Kier molecular flexibility index (Phi) is 4.64. The van der Waals surface area contributed by atoms with Gasteiger partial charge in [-0.1, -0.05) is 22.0 Å². The summed E-state index contributed by atoms with van der Waals surface area (Å²) in [5.74, 6) is 0.129. The molecule has 0 atom stereocenters. The monoisotopic (exact) mass is 453 g/mol. The lowest BCUT2D eigenvalue weighted by Gasteiger charge is -2.19. The quantitative estimate of drug-likeness (QED) is 0.656. The highest BCUT2D eigenvalue weighted by molar-refractivity contribution is 9.11. The summed E-state index contributed by atoms with van der Waals surface area (Å²) in [6, 6.07) is 8.88. The first-order chi connectivity index (χ1) is 11.5. The van der Waals surface area contributed by atoms with Crippen LogP contribution in [-0.2, 0) is 11.3 Å². The third-order valence-electron chi connectivity index (χ3n) is 3.77. The van der Waals surface area contributed by atoms with E-state index in [1.807, 2.05) is 12.1 Å². The maximum absolute atomic E-state index is 12.4. The van der Waals surface area contributed by atoms with Crippen molar-refractivity contribution in [1.82, 2.24) is 0 Å². The lowest BCUT2D eigenvalue weighted by atomic mass is 10.1. The maximum Gasteiger partial charge on any atom is 0.299 e. The molecule has 124 valence electrons. The van der Waals surface area contributed by atoms with Gasteiger partial charge in [-0.3, -0.25) is 14.5 Å². The summed E-state index contributed by atoms with van der Waals surface area (Å²) in [5, 5.41) is 0. The molecule has 2 aromatic carbocycles. The van der Waals surface area contributed by atoms with Gasteiger partial charge in [-0.05, 0) is 45.8 Å². The number of carbonyl (C=O) groups excluding carboxylic acids is 2. The summed E-state index contributed by atoms with van der Waals surface area (Å²) in [4.78, 5) is 26.1. The number of anilines is 1. The van der Waals surface area contributed by atoms with Gasteiger partial charge in [0.05, 0.1) is 32.0 Å². The molecular weight excluding hydrogens is 442 g/mol. The van der Waals surface area contributed by atoms with Crippen molar-refractivity contribution in [2.24, 2.45) is 0 Å². The number of carbonyl (C=O) groups is 2. The van der Waals surface area contributed by atoms with Crippen LogP contribution in [0.25, 0.3) is 0 Å². The van der Waals surface area contributed by atoms with E-state index in [2.05, 4.69) is 31.9 Å². The standard InChI is InChI=1S/C17H13Br2NO4/c1-23-13-4-3-9(5-14(13)24-2)8-20-15-11(16(21)17(20)22)6-10(18)7-12(15)19/h3-7H,8H2,1-2H3. The second-order valence-corrected chi connectivity index (χ2v) is 6.96. The zero-order valence-corrected chi connectivity index (χ0v) is 16.1. The van der Waals surface area contributed by atoms with Crippen LogP contribution in [0.5, 0.6) is 11.5 Å². The molecule has 0 N–H and O–H groups in total. The minimum atomic E-state index is -0.543. The summed E-state index contributed by atoms with van der Waals surface area (Å²) >= 11 is 6.78. The number of fused-ring (bicyclic) bond motifs is 1. The molecule has 0 unspecified atom stereocenters. The van der Waals surface area contributed by atoms with E-state index in [1.54, 1.807) is 32.4 Å². The number of ether oxygens (including phenoxy) is 2. The number of hydrogen-bond acceptors (Lipinski definition) is 4. The summed E-state index contributed by atoms with van der Waals surface area (Å²) in [5.41, 5.74) is 1.81. The number of methoxy groups -OCH3 is 2. The van der Waals surface area contributed by atoms with Crippen molar-refractivity contribution in [3.8, 4) is 11.5 Å². The van der Waals surface area contributed by atoms with Crippen LogP contribution in [0.1, 0.15) is 15.9 Å². The van der Waals surface area contributed by atoms with Gasteiger partial charge < -0.3 is 9.47 Å². The molecule has 3 rings (SSSR count). The first-order valence-electron chi connectivity index (χ1n) is 7.02. The van der Waals surface area contributed by atoms with Crippen molar-refractivity contribution in [3.05, 3.63) is 50.4 Å². The van der Waals surface area contributed by atoms with Crippen LogP contribution < -0.4 is 14.4 Å². The second kappa shape index (κ2) is 6.57. The number of benzene rings is 2. The van der Waals surface area contributed by atoms with Gasteiger partial charge >= 0.3 is 0 Å². The van der Waals surface area contributed by atoms with E-state index in [4.69, 9.17) is 9.47 Å². The number of Topliss-reactive ketones (excluding diaryl/α,β-unsaturated/α-hetero) is 1. The Morgan fingerprint density at radius 3 is 2.38 bits per heavy atom. The molecule has 2 aromatic rings. The van der Waals surface area contributed by atoms with E-state index in [0.717, 1.165) is 10.0 Å². The van der Waals surface area contributed by atoms with Crippen molar-refractivity contribution in [2.45, 2.75) is 6.54 Å². The van der Waals surface area contributed by atoms with Crippen LogP contribution in [0, 0.1) is 0 Å². The lowest BCUT2D eigenvalue weighted by molar-refractivity contribution is -0.114. The fraction of sp³-hybridized carbons (Fsp3) is 0.176. The molecule has 0 fully saturated rings. The molecule has 0 saturated heterocycles. The molecule has 1 aliphatic rings. The number of ketones is 1. The number of rotatable bonds is 4. The number of nitrogens with zero attached hydrogens (tertiary/aromatic N) is 1. The van der Waals surface area contributed by atoms with Crippen molar-refractivity contribution in [1.29, 1.82) is 0 Å². The average Bonchev–Trinajstić information content (AvgIpc) is 2.80. The molecule has 5 nitrogen and oxygen atoms in total. The highest BCUT2D eigenvalue weighted by atomic mass is 79.9. The molecular formula is C17H13Br2NO4. The fourth-order valence-corrected chi connectivity index (χ4v) is 4.10. The molecule has 0 aliphatic carbocycles. The first-order valence-corrected chi connectivity index (χ1v) is 8.61. The van der Waals surface area contributed by atoms with Gasteiger partial charge in [-0.2, -0.15) is 0 Å². The van der Waals surface area contributed by atoms with Gasteiger partial charge in [0.2, 0.25) is 0 Å². The normalized spacial score (nSPS) is 13.2. The predicted molar refractivity (Wildman–Crippen MR) is 96.9 cm³/mol. The topological polar surface area (TPSA) is 55.8 Å². The third-order valence-corrected chi connectivity index (χ3v) is 4.83. The van der Waals surface area contributed by atoms with E-state index < -0.39 is 11.7 Å². The minimum Gasteiger partial charge on any atom is -0.493 e. The first kappa shape index (κ1) is 17.0. The van der Waals surface area contributed by atoms with Crippen molar-refractivity contribution >= 4 is 49.2 Å². The second-order valence-electron chi connectivity index (χ2n) is 5.19. The van der Waals surface area contributed by atoms with E-state index in [9.17, 15) is 9.59 Å². The van der Waals surface area contributed by atoms with Crippen molar-refractivity contribution < 1.29 is 19.1 Å². The molecule has 0 spiro atoms. The lowest BCUT2D eigenvalue weighted by Crippen LogP contribution is -2.29. The fourth-order valence-electron chi connectivity index (χ4n) is 2.67. The Hall–Kier alpha value is -1.86. The van der Waals surface area contributed by atoms with Gasteiger partial charge in [0.1, 0.15) is 0 Å². The Labute approximate surface area is 155 Å². The molecule has 1 heterocycles. The Balaban J connectivity index is 2.00. The van der Waals surface area contributed by atoms with Crippen LogP contribution in [-0.4, -0.2) is 25.9 Å². The average molecular weight is 455 g/mol. The molecule has 0 saturated carbocycles. The van der Waals surface area contributed by atoms with E-state index in [1.165, 1.54) is 4.90 Å². The summed E-state index contributed by atoms with van der Waals surface area (Å²) < 4.78 is 11.9. The zero-order valence-electron chi connectivity index (χ0n) is 12.9. The van der Waals surface area contributed by atoms with Gasteiger partial charge in [0.25, 0.3) is 11.7 Å². The van der Waals surface area contributed by atoms with Gasteiger partial charge in [-0.15, -0.1) is 0 Å². The van der Waals surface area contributed by atoms with Gasteiger partial charge in [-0.25, -0.2) is 0 Å². The van der Waals surface area contributed by atoms with Crippen molar-refractivity contribution in [2.75, 3.05) is 19.1 Å². The van der Waals surface area contributed by atoms with Gasteiger partial charge in [0.15, 0.2) is 11.5 Å². The molecule has 24 heavy (non-hydrogen) atoms. The molecule has 7 heteroatoms. The maximum atomic E-state index is 12.4. The molecule has 1 aliphatic heterocycles. The summed E-state index contributed by atoms with van der Waals surface area (Å²) in [6.45, 7) is 0.262. The zero-order chi connectivity index (χ0) is 17.4. The van der Waals surface area contributed by atoms with Crippen LogP contribution >= 0.6 is 31.9 Å². The Morgan fingerprint density at radius 2 is 1.71 bits per heavy atom. The van der Waals surface area contributed by atoms with Crippen molar-refractivity contribution in [3.63, 3.8) is 0 Å². The Bertz CT molecular complexity index is 851.